The van der Waals surface area contributed by atoms with Crippen LogP contribution in [0.1, 0.15) is 24.2 Å². The fraction of sp³-hybridized carbons (Fsp3) is 0.350. The molecule has 0 unspecified atom stereocenters. The van der Waals surface area contributed by atoms with Gasteiger partial charge in [-0.1, -0.05) is 12.1 Å². The van der Waals surface area contributed by atoms with Crippen LogP contribution in [0.2, 0.25) is 0 Å². The Kier molecular flexibility index (Phi) is 6.33. The number of sulfonamides is 1. The van der Waals surface area contributed by atoms with Gasteiger partial charge in [-0.25, -0.2) is 8.42 Å². The topological polar surface area (TPSA) is 84.9 Å². The van der Waals surface area contributed by atoms with Crippen LogP contribution in [0.4, 0.5) is 5.69 Å². The number of hydrogen-bond donors (Lipinski definition) is 1. The highest BCUT2D eigenvalue weighted by atomic mass is 32.2. The van der Waals surface area contributed by atoms with Gasteiger partial charge >= 0.3 is 0 Å². The summed E-state index contributed by atoms with van der Waals surface area (Å²) in [6.45, 7) is 5.20. The van der Waals surface area contributed by atoms with Crippen molar-refractivity contribution in [3.63, 3.8) is 0 Å². The largest absolute Gasteiger partial charge is 0.491 e. The Bertz CT molecular complexity index is 937. The van der Waals surface area contributed by atoms with Crippen molar-refractivity contribution < 1.29 is 22.7 Å². The summed E-state index contributed by atoms with van der Waals surface area (Å²) in [5, 5.41) is 2.78. The van der Waals surface area contributed by atoms with Gasteiger partial charge in [-0.2, -0.15) is 4.31 Å². The molecular formula is C20H24N2O5S. The maximum atomic E-state index is 12.8. The molecule has 2 aromatic rings. The summed E-state index contributed by atoms with van der Waals surface area (Å²) in [6.07, 6.45) is 0.0213. The maximum absolute atomic E-state index is 12.8. The number of nitrogens with zero attached hydrogens (tertiary/aromatic N) is 1. The average Bonchev–Trinajstić information content (AvgIpc) is 2.68. The highest BCUT2D eigenvalue weighted by molar-refractivity contribution is 7.89. The molecule has 8 heteroatoms. The molecule has 1 aliphatic heterocycles. The number of hydrogen-bond acceptors (Lipinski definition) is 5. The minimum atomic E-state index is -3.66. The van der Waals surface area contributed by atoms with Gasteiger partial charge in [0.05, 0.1) is 24.2 Å². The standard InChI is InChI=1S/C20H24N2O5S/c1-15(2)27-18-7-4-6-17(14-18)21-20(23)16-5-3-8-19(13-16)28(24,25)22-9-11-26-12-10-22/h3-8,13-15H,9-12H2,1-2H3,(H,21,23). The number of rotatable bonds is 6. The summed E-state index contributed by atoms with van der Waals surface area (Å²) < 4.78 is 37.8. The molecule has 1 amide bonds. The second-order valence-electron chi connectivity index (χ2n) is 6.69. The number of carbonyl (C=O) groups excluding carboxylic acids is 1. The van der Waals surface area contributed by atoms with Gasteiger partial charge in [-0.05, 0) is 44.2 Å². The van der Waals surface area contributed by atoms with E-state index in [4.69, 9.17) is 9.47 Å². The number of nitrogens with one attached hydrogen (secondary N) is 1. The average molecular weight is 404 g/mol. The van der Waals surface area contributed by atoms with E-state index in [1.807, 2.05) is 19.9 Å². The van der Waals surface area contributed by atoms with Crippen molar-refractivity contribution in [3.05, 3.63) is 54.1 Å². The predicted octanol–water partition coefficient (Wildman–Crippen LogP) is 2.75. The van der Waals surface area contributed by atoms with E-state index in [-0.39, 0.29) is 22.5 Å². The number of benzene rings is 2. The van der Waals surface area contributed by atoms with E-state index in [0.29, 0.717) is 37.7 Å². The van der Waals surface area contributed by atoms with Gasteiger partial charge in [-0.15, -0.1) is 0 Å². The van der Waals surface area contributed by atoms with Crippen LogP contribution < -0.4 is 10.1 Å². The normalized spacial score (nSPS) is 15.4. The van der Waals surface area contributed by atoms with Gasteiger partial charge in [0.1, 0.15) is 5.75 Å². The fourth-order valence-corrected chi connectivity index (χ4v) is 4.31. The second-order valence-corrected chi connectivity index (χ2v) is 8.63. The molecule has 0 aliphatic carbocycles. The van der Waals surface area contributed by atoms with E-state index >= 15 is 0 Å². The van der Waals surface area contributed by atoms with Gasteiger partial charge < -0.3 is 14.8 Å². The van der Waals surface area contributed by atoms with Crippen LogP contribution in [0.3, 0.4) is 0 Å². The van der Waals surface area contributed by atoms with E-state index in [0.717, 1.165) is 0 Å². The Morgan fingerprint density at radius 3 is 2.54 bits per heavy atom. The summed E-state index contributed by atoms with van der Waals surface area (Å²) in [6, 6.07) is 13.1. The molecule has 1 aliphatic rings. The Labute approximate surface area is 165 Å². The third-order valence-corrected chi connectivity index (χ3v) is 6.06. The molecule has 1 fully saturated rings. The lowest BCUT2D eigenvalue weighted by molar-refractivity contribution is 0.0730. The first-order chi connectivity index (χ1) is 13.4. The molecule has 28 heavy (non-hydrogen) atoms. The van der Waals surface area contributed by atoms with Gasteiger partial charge in [0.25, 0.3) is 5.91 Å². The van der Waals surface area contributed by atoms with Gasteiger partial charge in [0, 0.05) is 30.4 Å². The van der Waals surface area contributed by atoms with Crippen molar-refractivity contribution in [3.8, 4) is 5.75 Å². The summed E-state index contributed by atoms with van der Waals surface area (Å²) in [5.74, 6) is 0.261. The summed E-state index contributed by atoms with van der Waals surface area (Å²) in [4.78, 5) is 12.7. The van der Waals surface area contributed by atoms with E-state index in [1.54, 1.807) is 30.3 Å². The lowest BCUT2D eigenvalue weighted by Crippen LogP contribution is -2.40. The fourth-order valence-electron chi connectivity index (χ4n) is 2.86. The summed E-state index contributed by atoms with van der Waals surface area (Å²) in [5.41, 5.74) is 0.842. The van der Waals surface area contributed by atoms with Crippen LogP contribution >= 0.6 is 0 Å². The SMILES string of the molecule is CC(C)Oc1cccc(NC(=O)c2cccc(S(=O)(=O)N3CCOCC3)c2)c1. The molecule has 0 radical (unpaired) electrons. The molecule has 0 saturated carbocycles. The highest BCUT2D eigenvalue weighted by Gasteiger charge is 2.26. The molecule has 1 N–H and O–H groups in total. The highest BCUT2D eigenvalue weighted by Crippen LogP contribution is 2.21. The van der Waals surface area contributed by atoms with Crippen LogP contribution in [0, 0.1) is 0 Å². The monoisotopic (exact) mass is 404 g/mol. The first-order valence-corrected chi connectivity index (χ1v) is 10.6. The molecule has 7 nitrogen and oxygen atoms in total. The number of amides is 1. The number of morpholine rings is 1. The molecule has 0 atom stereocenters. The molecule has 0 aromatic heterocycles. The molecule has 0 spiro atoms. The predicted molar refractivity (Wildman–Crippen MR) is 106 cm³/mol. The third kappa shape index (κ3) is 4.89. The Hall–Kier alpha value is -2.42. The van der Waals surface area contributed by atoms with Crippen molar-refractivity contribution in [2.45, 2.75) is 24.8 Å². The number of carbonyl (C=O) groups is 1. The van der Waals surface area contributed by atoms with Gasteiger partial charge in [0.15, 0.2) is 0 Å². The molecule has 1 saturated heterocycles. The molecule has 150 valence electrons. The summed E-state index contributed by atoms with van der Waals surface area (Å²) in [7, 11) is -3.66. The van der Waals surface area contributed by atoms with Crippen LogP contribution in [-0.2, 0) is 14.8 Å². The van der Waals surface area contributed by atoms with Crippen LogP contribution in [0.5, 0.6) is 5.75 Å². The van der Waals surface area contributed by atoms with Gasteiger partial charge in [0.2, 0.25) is 10.0 Å². The second kappa shape index (κ2) is 8.72. The zero-order valence-electron chi connectivity index (χ0n) is 15.9. The Balaban J connectivity index is 1.77. The first-order valence-electron chi connectivity index (χ1n) is 9.12. The van der Waals surface area contributed by atoms with E-state index in [2.05, 4.69) is 5.32 Å². The van der Waals surface area contributed by atoms with Crippen molar-refractivity contribution in [1.29, 1.82) is 0 Å². The van der Waals surface area contributed by atoms with Crippen molar-refractivity contribution >= 4 is 21.6 Å². The third-order valence-electron chi connectivity index (χ3n) is 4.17. The number of anilines is 1. The van der Waals surface area contributed by atoms with Crippen molar-refractivity contribution in [2.24, 2.45) is 0 Å². The van der Waals surface area contributed by atoms with E-state index in [1.165, 1.54) is 16.4 Å². The smallest absolute Gasteiger partial charge is 0.255 e. The zero-order chi connectivity index (χ0) is 20.1. The van der Waals surface area contributed by atoms with Crippen LogP contribution in [-0.4, -0.2) is 51.0 Å². The Morgan fingerprint density at radius 2 is 1.82 bits per heavy atom. The maximum Gasteiger partial charge on any atom is 0.255 e. The molecule has 3 rings (SSSR count). The minimum Gasteiger partial charge on any atom is -0.491 e. The quantitative estimate of drug-likeness (QED) is 0.800. The van der Waals surface area contributed by atoms with E-state index < -0.39 is 10.0 Å². The van der Waals surface area contributed by atoms with Crippen LogP contribution in [0.25, 0.3) is 0 Å². The molecule has 2 aromatic carbocycles. The molecular weight excluding hydrogens is 380 g/mol. The lowest BCUT2D eigenvalue weighted by Gasteiger charge is -2.26. The minimum absolute atomic E-state index is 0.0213. The summed E-state index contributed by atoms with van der Waals surface area (Å²) >= 11 is 0. The van der Waals surface area contributed by atoms with Gasteiger partial charge in [-0.3, -0.25) is 4.79 Å². The van der Waals surface area contributed by atoms with Crippen molar-refractivity contribution in [2.75, 3.05) is 31.6 Å². The number of ether oxygens (including phenoxy) is 2. The van der Waals surface area contributed by atoms with E-state index in [9.17, 15) is 13.2 Å². The molecule has 0 bridgehead atoms. The van der Waals surface area contributed by atoms with Crippen molar-refractivity contribution in [1.82, 2.24) is 4.31 Å². The Morgan fingerprint density at radius 1 is 1.11 bits per heavy atom. The molecule has 1 heterocycles. The lowest BCUT2D eigenvalue weighted by atomic mass is 10.2. The zero-order valence-corrected chi connectivity index (χ0v) is 16.7. The van der Waals surface area contributed by atoms with Crippen LogP contribution in [0.15, 0.2) is 53.4 Å². The first kappa shape index (κ1) is 20.3.